The van der Waals surface area contributed by atoms with Crippen molar-refractivity contribution in [3.8, 4) is 0 Å². The van der Waals surface area contributed by atoms with Gasteiger partial charge in [0.15, 0.2) is 0 Å². The van der Waals surface area contributed by atoms with Crippen molar-refractivity contribution in [3.63, 3.8) is 0 Å². The standard InChI is InChI=1S/C12H21N3O2S/c1-3-5-15(6-7-16)12(17)13-8-10-9-18-11(4-2)14-10/h9,16H,3-8H2,1-2H3,(H,13,17). The molecule has 0 unspecified atom stereocenters. The van der Waals surface area contributed by atoms with E-state index in [1.165, 1.54) is 0 Å². The van der Waals surface area contributed by atoms with Crippen molar-refractivity contribution in [1.82, 2.24) is 15.2 Å². The normalized spacial score (nSPS) is 10.4. The Bertz CT molecular complexity index is 362. The van der Waals surface area contributed by atoms with Crippen LogP contribution in [-0.2, 0) is 13.0 Å². The van der Waals surface area contributed by atoms with E-state index in [1.807, 2.05) is 12.3 Å². The lowest BCUT2D eigenvalue weighted by molar-refractivity contribution is 0.177. The topological polar surface area (TPSA) is 65.5 Å². The summed E-state index contributed by atoms with van der Waals surface area (Å²) in [5.41, 5.74) is 0.894. The van der Waals surface area contributed by atoms with Crippen molar-refractivity contribution in [1.29, 1.82) is 0 Å². The minimum absolute atomic E-state index is 0.00982. The third-order valence-electron chi connectivity index (χ3n) is 2.47. The van der Waals surface area contributed by atoms with Gasteiger partial charge in [0, 0.05) is 18.5 Å². The zero-order valence-corrected chi connectivity index (χ0v) is 11.8. The number of hydrogen-bond donors (Lipinski definition) is 2. The van der Waals surface area contributed by atoms with Gasteiger partial charge in [-0.3, -0.25) is 0 Å². The SMILES string of the molecule is CCCN(CCO)C(=O)NCc1csc(CC)n1. The Balaban J connectivity index is 2.42. The molecule has 0 aliphatic heterocycles. The summed E-state index contributed by atoms with van der Waals surface area (Å²) >= 11 is 1.61. The van der Waals surface area contributed by atoms with Gasteiger partial charge in [-0.15, -0.1) is 11.3 Å². The molecule has 0 bridgehead atoms. The molecule has 0 atom stereocenters. The molecule has 0 aliphatic rings. The summed E-state index contributed by atoms with van der Waals surface area (Å²) < 4.78 is 0. The van der Waals surface area contributed by atoms with E-state index >= 15 is 0 Å². The van der Waals surface area contributed by atoms with E-state index in [-0.39, 0.29) is 12.6 Å². The van der Waals surface area contributed by atoms with Crippen LogP contribution in [-0.4, -0.2) is 40.7 Å². The van der Waals surface area contributed by atoms with Crippen molar-refractivity contribution in [3.05, 3.63) is 16.1 Å². The molecule has 2 N–H and O–H groups in total. The number of hydrogen-bond acceptors (Lipinski definition) is 4. The average molecular weight is 271 g/mol. The highest BCUT2D eigenvalue weighted by atomic mass is 32.1. The van der Waals surface area contributed by atoms with E-state index in [0.29, 0.717) is 19.6 Å². The fourth-order valence-electron chi connectivity index (χ4n) is 1.58. The molecule has 5 nitrogen and oxygen atoms in total. The average Bonchev–Trinajstić information content (AvgIpc) is 2.83. The lowest BCUT2D eigenvalue weighted by Gasteiger charge is -2.21. The highest BCUT2D eigenvalue weighted by Crippen LogP contribution is 2.09. The number of carbonyl (C=O) groups excluding carboxylic acids is 1. The Hall–Kier alpha value is -1.14. The first kappa shape index (κ1) is 14.9. The summed E-state index contributed by atoms with van der Waals surface area (Å²) in [7, 11) is 0. The van der Waals surface area contributed by atoms with Gasteiger partial charge in [-0.1, -0.05) is 13.8 Å². The number of carbonyl (C=O) groups is 1. The number of nitrogens with zero attached hydrogens (tertiary/aromatic N) is 2. The maximum absolute atomic E-state index is 11.9. The number of nitrogens with one attached hydrogen (secondary N) is 1. The molecule has 1 aromatic heterocycles. The number of aryl methyl sites for hydroxylation is 1. The molecular formula is C12H21N3O2S. The largest absolute Gasteiger partial charge is 0.395 e. The van der Waals surface area contributed by atoms with Gasteiger partial charge in [0.05, 0.1) is 23.9 Å². The number of amides is 2. The van der Waals surface area contributed by atoms with Gasteiger partial charge in [0.25, 0.3) is 0 Å². The molecule has 0 fully saturated rings. The van der Waals surface area contributed by atoms with Crippen LogP contribution in [0.25, 0.3) is 0 Å². The first-order valence-corrected chi connectivity index (χ1v) is 7.16. The molecule has 18 heavy (non-hydrogen) atoms. The second-order valence-electron chi connectivity index (χ2n) is 3.96. The van der Waals surface area contributed by atoms with Crippen molar-refractivity contribution >= 4 is 17.4 Å². The van der Waals surface area contributed by atoms with Gasteiger partial charge in [-0.2, -0.15) is 0 Å². The minimum atomic E-state index is -0.142. The number of thiazole rings is 1. The molecule has 0 saturated carbocycles. The number of aromatic nitrogens is 1. The van der Waals surface area contributed by atoms with Crippen molar-refractivity contribution < 1.29 is 9.90 Å². The zero-order valence-electron chi connectivity index (χ0n) is 11.0. The van der Waals surface area contributed by atoms with Gasteiger partial charge in [-0.25, -0.2) is 9.78 Å². The van der Waals surface area contributed by atoms with Crippen LogP contribution in [0.4, 0.5) is 4.79 Å². The zero-order chi connectivity index (χ0) is 13.4. The van der Waals surface area contributed by atoms with E-state index in [0.717, 1.165) is 23.5 Å². The van der Waals surface area contributed by atoms with Crippen LogP contribution in [0, 0.1) is 0 Å². The molecule has 0 aliphatic carbocycles. The Morgan fingerprint density at radius 2 is 2.28 bits per heavy atom. The maximum Gasteiger partial charge on any atom is 0.317 e. The van der Waals surface area contributed by atoms with E-state index in [9.17, 15) is 4.79 Å². The van der Waals surface area contributed by atoms with Crippen LogP contribution in [0.15, 0.2) is 5.38 Å². The van der Waals surface area contributed by atoms with Gasteiger partial charge in [0.2, 0.25) is 0 Å². The smallest absolute Gasteiger partial charge is 0.317 e. The van der Waals surface area contributed by atoms with Crippen molar-refractivity contribution in [2.24, 2.45) is 0 Å². The van der Waals surface area contributed by atoms with Gasteiger partial charge in [-0.05, 0) is 12.8 Å². The quantitative estimate of drug-likeness (QED) is 0.792. The summed E-state index contributed by atoms with van der Waals surface area (Å²) in [6, 6.07) is -0.142. The Labute approximate surface area is 112 Å². The molecule has 0 radical (unpaired) electrons. The number of rotatable bonds is 7. The molecule has 0 spiro atoms. The van der Waals surface area contributed by atoms with E-state index in [2.05, 4.69) is 17.2 Å². The van der Waals surface area contributed by atoms with Crippen LogP contribution in [0.1, 0.15) is 31.0 Å². The predicted octanol–water partition coefficient (Wildman–Crippen LogP) is 1.62. The molecular weight excluding hydrogens is 250 g/mol. The molecule has 2 amide bonds. The van der Waals surface area contributed by atoms with E-state index < -0.39 is 0 Å². The van der Waals surface area contributed by atoms with Crippen molar-refractivity contribution in [2.75, 3.05) is 19.7 Å². The molecule has 6 heteroatoms. The monoisotopic (exact) mass is 271 g/mol. The van der Waals surface area contributed by atoms with Crippen LogP contribution >= 0.6 is 11.3 Å². The summed E-state index contributed by atoms with van der Waals surface area (Å²) in [4.78, 5) is 17.9. The van der Waals surface area contributed by atoms with Gasteiger partial charge in [0.1, 0.15) is 0 Å². The first-order valence-electron chi connectivity index (χ1n) is 6.28. The third kappa shape index (κ3) is 4.62. The first-order chi connectivity index (χ1) is 8.71. The van der Waals surface area contributed by atoms with Gasteiger partial charge >= 0.3 is 6.03 Å². The lowest BCUT2D eigenvalue weighted by Crippen LogP contribution is -2.41. The summed E-state index contributed by atoms with van der Waals surface area (Å²) in [6.45, 7) is 5.53. The Morgan fingerprint density at radius 1 is 1.50 bits per heavy atom. The minimum Gasteiger partial charge on any atom is -0.395 e. The molecule has 1 rings (SSSR count). The highest BCUT2D eigenvalue weighted by Gasteiger charge is 2.11. The van der Waals surface area contributed by atoms with Crippen LogP contribution in [0.2, 0.25) is 0 Å². The van der Waals surface area contributed by atoms with E-state index in [1.54, 1.807) is 16.2 Å². The fraction of sp³-hybridized carbons (Fsp3) is 0.667. The van der Waals surface area contributed by atoms with E-state index in [4.69, 9.17) is 5.11 Å². The summed E-state index contributed by atoms with van der Waals surface area (Å²) in [6.07, 6.45) is 1.80. The molecule has 102 valence electrons. The second kappa shape index (κ2) is 8.05. The molecule has 0 aromatic carbocycles. The van der Waals surface area contributed by atoms with Gasteiger partial charge < -0.3 is 15.3 Å². The Kier molecular flexibility index (Phi) is 6.67. The lowest BCUT2D eigenvalue weighted by atomic mass is 10.4. The maximum atomic E-state index is 11.9. The van der Waals surface area contributed by atoms with Crippen molar-refractivity contribution in [2.45, 2.75) is 33.2 Å². The van der Waals surface area contributed by atoms with Crippen LogP contribution < -0.4 is 5.32 Å². The van der Waals surface area contributed by atoms with Crippen LogP contribution in [0.5, 0.6) is 0 Å². The number of aliphatic hydroxyl groups excluding tert-OH is 1. The number of urea groups is 1. The highest BCUT2D eigenvalue weighted by molar-refractivity contribution is 7.09. The third-order valence-corrected chi connectivity index (χ3v) is 3.52. The second-order valence-corrected chi connectivity index (χ2v) is 4.90. The Morgan fingerprint density at radius 3 is 2.83 bits per heavy atom. The predicted molar refractivity (Wildman–Crippen MR) is 72.7 cm³/mol. The van der Waals surface area contributed by atoms with Crippen LogP contribution in [0.3, 0.4) is 0 Å². The fourth-order valence-corrected chi connectivity index (χ4v) is 2.32. The molecule has 1 heterocycles. The number of aliphatic hydroxyl groups is 1. The molecule has 1 aromatic rings. The summed E-state index contributed by atoms with van der Waals surface area (Å²) in [5.74, 6) is 0. The summed E-state index contributed by atoms with van der Waals surface area (Å²) in [5, 5.41) is 14.8. The molecule has 0 saturated heterocycles.